The van der Waals surface area contributed by atoms with Crippen LogP contribution in [0.2, 0.25) is 0 Å². The standard InChI is InChI=1S/C24H25N3O4S/c1-3-4-13-30-19-11-8-17(9-12-19)22(28)27-24(32)26-20-15-18(10-7-16(20)2)25-23(29)21-6-5-14-31-21/h5-12,14-15H,3-4,13H2,1-2H3,(H,25,29)(H2,26,27,28,32). The average molecular weight is 452 g/mol. The van der Waals surface area contributed by atoms with Crippen LogP contribution in [0.4, 0.5) is 11.4 Å². The average Bonchev–Trinajstić information content (AvgIpc) is 3.32. The van der Waals surface area contributed by atoms with E-state index in [1.807, 2.05) is 13.0 Å². The van der Waals surface area contributed by atoms with E-state index >= 15 is 0 Å². The fourth-order valence-electron chi connectivity index (χ4n) is 2.80. The molecule has 2 aromatic carbocycles. The number of hydrogen-bond donors (Lipinski definition) is 3. The van der Waals surface area contributed by atoms with Crippen molar-refractivity contribution < 1.29 is 18.7 Å². The highest BCUT2D eigenvalue weighted by atomic mass is 32.1. The third-order valence-electron chi connectivity index (χ3n) is 4.60. The Balaban J connectivity index is 1.58. The molecule has 1 aromatic heterocycles. The molecule has 0 bridgehead atoms. The van der Waals surface area contributed by atoms with Crippen LogP contribution >= 0.6 is 12.2 Å². The third-order valence-corrected chi connectivity index (χ3v) is 4.80. The number of thiocarbonyl (C=S) groups is 1. The van der Waals surface area contributed by atoms with E-state index in [1.165, 1.54) is 6.26 Å². The zero-order valence-corrected chi connectivity index (χ0v) is 18.8. The molecule has 8 heteroatoms. The van der Waals surface area contributed by atoms with E-state index in [2.05, 4.69) is 22.9 Å². The van der Waals surface area contributed by atoms with Crippen molar-refractivity contribution >= 4 is 40.5 Å². The number of rotatable bonds is 8. The molecule has 7 nitrogen and oxygen atoms in total. The van der Waals surface area contributed by atoms with Crippen molar-refractivity contribution in [3.63, 3.8) is 0 Å². The van der Waals surface area contributed by atoms with Crippen molar-refractivity contribution in [1.82, 2.24) is 5.32 Å². The summed E-state index contributed by atoms with van der Waals surface area (Å²) in [4.78, 5) is 24.7. The van der Waals surface area contributed by atoms with E-state index < -0.39 is 0 Å². The van der Waals surface area contributed by atoms with Gasteiger partial charge in [0.25, 0.3) is 11.8 Å². The van der Waals surface area contributed by atoms with Gasteiger partial charge in [-0.25, -0.2) is 0 Å². The molecule has 0 saturated heterocycles. The number of unbranched alkanes of at least 4 members (excludes halogenated alkanes) is 1. The maximum Gasteiger partial charge on any atom is 0.291 e. The number of ether oxygens (including phenoxy) is 1. The van der Waals surface area contributed by atoms with Crippen molar-refractivity contribution in [3.8, 4) is 5.75 Å². The van der Waals surface area contributed by atoms with E-state index in [9.17, 15) is 9.59 Å². The van der Waals surface area contributed by atoms with E-state index in [4.69, 9.17) is 21.4 Å². The van der Waals surface area contributed by atoms with Gasteiger partial charge in [0.05, 0.1) is 12.9 Å². The smallest absolute Gasteiger partial charge is 0.291 e. The van der Waals surface area contributed by atoms with Gasteiger partial charge in [-0.05, 0) is 79.7 Å². The molecule has 0 aliphatic heterocycles. The predicted octanol–water partition coefficient (Wildman–Crippen LogP) is 5.15. The molecule has 3 aromatic rings. The van der Waals surface area contributed by atoms with Crippen LogP contribution in [-0.4, -0.2) is 23.5 Å². The summed E-state index contributed by atoms with van der Waals surface area (Å²) in [6.45, 7) is 4.64. The Labute approximate surface area is 192 Å². The van der Waals surface area contributed by atoms with Crippen LogP contribution in [0, 0.1) is 6.92 Å². The molecule has 32 heavy (non-hydrogen) atoms. The van der Waals surface area contributed by atoms with Crippen LogP contribution in [0.15, 0.2) is 65.3 Å². The molecule has 1 heterocycles. The van der Waals surface area contributed by atoms with Gasteiger partial charge in [-0.2, -0.15) is 0 Å². The molecule has 166 valence electrons. The molecular formula is C24H25N3O4S. The van der Waals surface area contributed by atoms with Gasteiger partial charge in [0.15, 0.2) is 10.9 Å². The Morgan fingerprint density at radius 2 is 1.81 bits per heavy atom. The molecule has 0 aliphatic rings. The molecule has 0 fully saturated rings. The Morgan fingerprint density at radius 1 is 1.03 bits per heavy atom. The minimum Gasteiger partial charge on any atom is -0.494 e. The van der Waals surface area contributed by atoms with Crippen molar-refractivity contribution in [2.45, 2.75) is 26.7 Å². The lowest BCUT2D eigenvalue weighted by Crippen LogP contribution is -2.34. The Bertz CT molecular complexity index is 1080. The minimum atomic E-state index is -0.359. The molecule has 0 radical (unpaired) electrons. The SMILES string of the molecule is CCCCOc1ccc(C(=O)NC(=S)Nc2cc(NC(=O)c3ccco3)ccc2C)cc1. The number of carbonyl (C=O) groups excluding carboxylic acids is 2. The topological polar surface area (TPSA) is 92.6 Å². The van der Waals surface area contributed by atoms with E-state index in [1.54, 1.807) is 48.5 Å². The van der Waals surface area contributed by atoms with Gasteiger partial charge in [0, 0.05) is 16.9 Å². The summed E-state index contributed by atoms with van der Waals surface area (Å²) in [7, 11) is 0. The Hall–Kier alpha value is -3.65. The first-order valence-electron chi connectivity index (χ1n) is 10.3. The molecule has 0 spiro atoms. The van der Waals surface area contributed by atoms with Crippen LogP contribution in [0.3, 0.4) is 0 Å². The summed E-state index contributed by atoms with van der Waals surface area (Å²) in [5.41, 5.74) is 2.58. The van der Waals surface area contributed by atoms with Crippen LogP contribution in [0.1, 0.15) is 46.2 Å². The maximum absolute atomic E-state index is 12.5. The summed E-state index contributed by atoms with van der Waals surface area (Å²) in [5, 5.41) is 8.58. The number of furan rings is 1. The normalized spacial score (nSPS) is 10.3. The number of carbonyl (C=O) groups is 2. The summed E-state index contributed by atoms with van der Waals surface area (Å²) in [5.74, 6) is 0.245. The Kier molecular flexibility index (Phi) is 7.99. The largest absolute Gasteiger partial charge is 0.494 e. The van der Waals surface area contributed by atoms with Crippen LogP contribution in [0.5, 0.6) is 5.75 Å². The number of benzene rings is 2. The summed E-state index contributed by atoms with van der Waals surface area (Å²) in [6.07, 6.45) is 3.48. The van der Waals surface area contributed by atoms with Gasteiger partial charge in [-0.15, -0.1) is 0 Å². The van der Waals surface area contributed by atoms with Gasteiger partial charge >= 0.3 is 0 Å². The van der Waals surface area contributed by atoms with Gasteiger partial charge in [-0.1, -0.05) is 19.4 Å². The molecule has 0 atom stereocenters. The zero-order chi connectivity index (χ0) is 22.9. The van der Waals surface area contributed by atoms with Gasteiger partial charge in [0.2, 0.25) is 0 Å². The molecule has 3 rings (SSSR count). The Morgan fingerprint density at radius 3 is 2.50 bits per heavy atom. The number of amides is 2. The summed E-state index contributed by atoms with van der Waals surface area (Å²) >= 11 is 5.29. The molecule has 0 aliphatic carbocycles. The van der Waals surface area contributed by atoms with Crippen LogP contribution < -0.4 is 20.7 Å². The van der Waals surface area contributed by atoms with Gasteiger partial charge in [0.1, 0.15) is 5.75 Å². The number of anilines is 2. The monoisotopic (exact) mass is 451 g/mol. The molecular weight excluding hydrogens is 426 g/mol. The van der Waals surface area contributed by atoms with Crippen molar-refractivity contribution in [3.05, 3.63) is 77.7 Å². The second-order valence-corrected chi connectivity index (χ2v) is 7.50. The van der Waals surface area contributed by atoms with E-state index in [0.29, 0.717) is 23.5 Å². The lowest BCUT2D eigenvalue weighted by atomic mass is 10.1. The molecule has 3 N–H and O–H groups in total. The first-order valence-corrected chi connectivity index (χ1v) is 10.7. The third kappa shape index (κ3) is 6.42. The number of nitrogens with one attached hydrogen (secondary N) is 3. The molecule has 2 amide bonds. The van der Waals surface area contributed by atoms with Gasteiger partial charge < -0.3 is 19.8 Å². The first-order chi connectivity index (χ1) is 15.5. The second kappa shape index (κ2) is 11.1. The second-order valence-electron chi connectivity index (χ2n) is 7.10. The first kappa shape index (κ1) is 23.0. The summed E-state index contributed by atoms with van der Waals surface area (Å²) in [6, 6.07) is 15.5. The van der Waals surface area contributed by atoms with E-state index in [0.717, 1.165) is 24.2 Å². The van der Waals surface area contributed by atoms with Crippen molar-refractivity contribution in [2.75, 3.05) is 17.2 Å². The molecule has 0 unspecified atom stereocenters. The summed E-state index contributed by atoms with van der Waals surface area (Å²) < 4.78 is 10.7. The fourth-order valence-corrected chi connectivity index (χ4v) is 3.00. The fraction of sp³-hybridized carbons (Fsp3) is 0.208. The zero-order valence-electron chi connectivity index (χ0n) is 17.9. The quantitative estimate of drug-likeness (QED) is 0.324. The lowest BCUT2D eigenvalue weighted by molar-refractivity contribution is 0.0975. The lowest BCUT2D eigenvalue weighted by Gasteiger charge is -2.14. The molecule has 0 saturated carbocycles. The highest BCUT2D eigenvalue weighted by Crippen LogP contribution is 2.21. The maximum atomic E-state index is 12.5. The number of aryl methyl sites for hydroxylation is 1. The van der Waals surface area contributed by atoms with Crippen molar-refractivity contribution in [1.29, 1.82) is 0 Å². The van der Waals surface area contributed by atoms with Gasteiger partial charge in [-0.3, -0.25) is 14.9 Å². The van der Waals surface area contributed by atoms with Crippen molar-refractivity contribution in [2.24, 2.45) is 0 Å². The van der Waals surface area contributed by atoms with Crippen LogP contribution in [0.25, 0.3) is 0 Å². The highest BCUT2D eigenvalue weighted by molar-refractivity contribution is 7.80. The predicted molar refractivity (Wildman–Crippen MR) is 128 cm³/mol. The van der Waals surface area contributed by atoms with Crippen LogP contribution in [-0.2, 0) is 0 Å². The number of hydrogen-bond acceptors (Lipinski definition) is 5. The minimum absolute atomic E-state index is 0.149. The highest BCUT2D eigenvalue weighted by Gasteiger charge is 2.12. The van der Waals surface area contributed by atoms with E-state index in [-0.39, 0.29) is 22.7 Å².